The molecular formula is C12H9ClN4O3. The number of carbonyl (C=O) groups is 1. The molecule has 0 saturated carbocycles. The second kappa shape index (κ2) is 6.06. The molecule has 2 aromatic rings. The van der Waals surface area contributed by atoms with Crippen molar-refractivity contribution in [1.29, 1.82) is 5.26 Å². The first kappa shape index (κ1) is 13.9. The number of nitrogens with zero attached hydrogens (tertiary/aromatic N) is 2. The molecule has 7 nitrogen and oxygen atoms in total. The van der Waals surface area contributed by atoms with Crippen LogP contribution in [0.15, 0.2) is 28.8 Å². The number of aromatic nitrogens is 1. The summed E-state index contributed by atoms with van der Waals surface area (Å²) in [5.74, 6) is 5.03. The smallest absolute Gasteiger partial charge is 0.287 e. The average molecular weight is 293 g/mol. The van der Waals surface area contributed by atoms with Crippen LogP contribution in [0.5, 0.6) is 5.75 Å². The summed E-state index contributed by atoms with van der Waals surface area (Å²) in [5, 5.41) is 12.9. The summed E-state index contributed by atoms with van der Waals surface area (Å²) in [4.78, 5) is 11.2. The lowest BCUT2D eigenvalue weighted by Crippen LogP contribution is -2.30. The molecule has 2 rings (SSSR count). The van der Waals surface area contributed by atoms with E-state index >= 15 is 0 Å². The minimum Gasteiger partial charge on any atom is -0.484 e. The van der Waals surface area contributed by atoms with E-state index in [0.717, 1.165) is 0 Å². The summed E-state index contributed by atoms with van der Waals surface area (Å²) in [5.41, 5.74) is 2.31. The van der Waals surface area contributed by atoms with Gasteiger partial charge in [0.15, 0.2) is 11.5 Å². The van der Waals surface area contributed by atoms with Gasteiger partial charge in [-0.25, -0.2) is 5.84 Å². The third-order valence-electron chi connectivity index (χ3n) is 2.36. The van der Waals surface area contributed by atoms with Gasteiger partial charge in [-0.2, -0.15) is 5.26 Å². The maximum atomic E-state index is 11.2. The number of halogens is 1. The lowest BCUT2D eigenvalue weighted by atomic mass is 10.2. The molecule has 0 aliphatic rings. The fourth-order valence-corrected chi connectivity index (χ4v) is 1.58. The zero-order valence-corrected chi connectivity index (χ0v) is 10.8. The Morgan fingerprint density at radius 2 is 2.35 bits per heavy atom. The summed E-state index contributed by atoms with van der Waals surface area (Å²) < 4.78 is 10.3. The number of nitriles is 1. The van der Waals surface area contributed by atoms with Gasteiger partial charge in [-0.1, -0.05) is 16.8 Å². The Morgan fingerprint density at radius 1 is 1.55 bits per heavy atom. The molecule has 1 amide bonds. The van der Waals surface area contributed by atoms with Gasteiger partial charge in [-0.3, -0.25) is 10.2 Å². The number of rotatable bonds is 4. The summed E-state index contributed by atoms with van der Waals surface area (Å²) in [6.45, 7) is -0.000125. The SMILES string of the molecule is N#Cc1ccc(Cl)cc1OCc1cc(C(=O)NN)no1. The number of amides is 1. The van der Waals surface area contributed by atoms with E-state index < -0.39 is 5.91 Å². The van der Waals surface area contributed by atoms with Crippen molar-refractivity contribution in [1.82, 2.24) is 10.6 Å². The molecule has 0 aliphatic carbocycles. The topological polar surface area (TPSA) is 114 Å². The van der Waals surface area contributed by atoms with Gasteiger partial charge in [0.2, 0.25) is 0 Å². The van der Waals surface area contributed by atoms with Crippen LogP contribution in [-0.2, 0) is 6.61 Å². The number of hydrogen-bond acceptors (Lipinski definition) is 6. The first-order chi connectivity index (χ1) is 9.63. The molecule has 1 heterocycles. The maximum absolute atomic E-state index is 11.2. The summed E-state index contributed by atoms with van der Waals surface area (Å²) in [6, 6.07) is 8.02. The Kier molecular flexibility index (Phi) is 4.20. The van der Waals surface area contributed by atoms with Crippen molar-refractivity contribution >= 4 is 17.5 Å². The molecule has 8 heteroatoms. The highest BCUT2D eigenvalue weighted by molar-refractivity contribution is 6.30. The third-order valence-corrected chi connectivity index (χ3v) is 2.59. The molecule has 0 spiro atoms. The number of hydrazine groups is 1. The number of nitrogen functional groups attached to an aromatic ring is 1. The van der Waals surface area contributed by atoms with E-state index in [9.17, 15) is 4.79 Å². The largest absolute Gasteiger partial charge is 0.484 e. The molecule has 0 aliphatic heterocycles. The molecule has 1 aromatic carbocycles. The van der Waals surface area contributed by atoms with Crippen molar-refractivity contribution in [2.75, 3.05) is 0 Å². The van der Waals surface area contributed by atoms with Gasteiger partial charge in [0.1, 0.15) is 18.4 Å². The summed E-state index contributed by atoms with van der Waals surface area (Å²) >= 11 is 5.83. The molecular weight excluding hydrogens is 284 g/mol. The minimum absolute atomic E-state index is 0.000125. The van der Waals surface area contributed by atoms with Crippen molar-refractivity contribution < 1.29 is 14.1 Å². The number of ether oxygens (including phenoxy) is 1. The predicted molar refractivity (Wildman–Crippen MR) is 68.7 cm³/mol. The fourth-order valence-electron chi connectivity index (χ4n) is 1.42. The Labute approximate surface area is 118 Å². The average Bonchev–Trinajstić information content (AvgIpc) is 2.93. The van der Waals surface area contributed by atoms with Crippen LogP contribution in [0.2, 0.25) is 5.02 Å². The Morgan fingerprint density at radius 3 is 3.05 bits per heavy atom. The van der Waals surface area contributed by atoms with Gasteiger partial charge in [0.25, 0.3) is 5.91 Å². The monoisotopic (exact) mass is 292 g/mol. The van der Waals surface area contributed by atoms with Crippen molar-refractivity contribution in [2.45, 2.75) is 6.61 Å². The molecule has 0 bridgehead atoms. The van der Waals surface area contributed by atoms with Crippen molar-refractivity contribution in [2.24, 2.45) is 5.84 Å². The van der Waals surface area contributed by atoms with E-state index in [-0.39, 0.29) is 12.3 Å². The Balaban J connectivity index is 2.09. The zero-order valence-electron chi connectivity index (χ0n) is 10.1. The lowest BCUT2D eigenvalue weighted by Gasteiger charge is -2.05. The molecule has 0 radical (unpaired) electrons. The third kappa shape index (κ3) is 3.06. The number of nitrogens with one attached hydrogen (secondary N) is 1. The zero-order chi connectivity index (χ0) is 14.5. The van der Waals surface area contributed by atoms with Gasteiger partial charge in [-0.05, 0) is 12.1 Å². The van der Waals surface area contributed by atoms with E-state index in [0.29, 0.717) is 22.1 Å². The van der Waals surface area contributed by atoms with E-state index in [4.69, 9.17) is 32.0 Å². The highest BCUT2D eigenvalue weighted by Gasteiger charge is 2.12. The second-order valence-corrected chi connectivity index (χ2v) is 4.13. The van der Waals surface area contributed by atoms with E-state index in [1.807, 2.05) is 11.5 Å². The molecule has 0 unspecified atom stereocenters. The number of carbonyl (C=O) groups excluding carboxylic acids is 1. The highest BCUT2D eigenvalue weighted by Crippen LogP contribution is 2.23. The fraction of sp³-hybridized carbons (Fsp3) is 0.0833. The van der Waals surface area contributed by atoms with Gasteiger partial charge < -0.3 is 9.26 Å². The summed E-state index contributed by atoms with van der Waals surface area (Å²) in [6.07, 6.45) is 0. The molecule has 102 valence electrons. The number of benzene rings is 1. The normalized spacial score (nSPS) is 9.85. The lowest BCUT2D eigenvalue weighted by molar-refractivity contribution is 0.0944. The van der Waals surface area contributed by atoms with Crippen LogP contribution in [0, 0.1) is 11.3 Å². The van der Waals surface area contributed by atoms with Crippen LogP contribution in [0.1, 0.15) is 21.8 Å². The molecule has 20 heavy (non-hydrogen) atoms. The van der Waals surface area contributed by atoms with Crippen molar-refractivity contribution in [3.8, 4) is 11.8 Å². The molecule has 3 N–H and O–H groups in total. The van der Waals surface area contributed by atoms with E-state index in [1.165, 1.54) is 12.1 Å². The Hall–Kier alpha value is -2.56. The van der Waals surface area contributed by atoms with Crippen LogP contribution < -0.4 is 16.0 Å². The van der Waals surface area contributed by atoms with Gasteiger partial charge in [0, 0.05) is 17.2 Å². The second-order valence-electron chi connectivity index (χ2n) is 3.69. The molecule has 0 atom stereocenters. The highest BCUT2D eigenvalue weighted by atomic mass is 35.5. The molecule has 1 aromatic heterocycles. The van der Waals surface area contributed by atoms with Crippen LogP contribution in [-0.4, -0.2) is 11.1 Å². The van der Waals surface area contributed by atoms with Gasteiger partial charge in [-0.15, -0.1) is 0 Å². The Bertz CT molecular complexity index is 678. The molecule has 0 fully saturated rings. The first-order valence-electron chi connectivity index (χ1n) is 5.43. The van der Waals surface area contributed by atoms with Crippen LogP contribution in [0.4, 0.5) is 0 Å². The van der Waals surface area contributed by atoms with Gasteiger partial charge in [0.05, 0.1) is 5.56 Å². The van der Waals surface area contributed by atoms with E-state index in [2.05, 4.69) is 5.16 Å². The van der Waals surface area contributed by atoms with Crippen LogP contribution in [0.3, 0.4) is 0 Å². The van der Waals surface area contributed by atoms with E-state index in [1.54, 1.807) is 12.1 Å². The quantitative estimate of drug-likeness (QED) is 0.500. The predicted octanol–water partition coefficient (Wildman–Crippen LogP) is 1.38. The van der Waals surface area contributed by atoms with Crippen molar-refractivity contribution in [3.63, 3.8) is 0 Å². The van der Waals surface area contributed by atoms with Crippen LogP contribution >= 0.6 is 11.6 Å². The number of nitrogens with two attached hydrogens (primary N) is 1. The van der Waals surface area contributed by atoms with Crippen molar-refractivity contribution in [3.05, 3.63) is 46.3 Å². The minimum atomic E-state index is -0.569. The first-order valence-corrected chi connectivity index (χ1v) is 5.81. The van der Waals surface area contributed by atoms with Gasteiger partial charge >= 0.3 is 0 Å². The standard InChI is InChI=1S/C12H9ClN4O3/c13-8-2-1-7(5-14)11(3-8)19-6-9-4-10(17-20-9)12(18)16-15/h1-4H,6,15H2,(H,16,18). The number of hydrogen-bond donors (Lipinski definition) is 2. The maximum Gasteiger partial charge on any atom is 0.287 e. The van der Waals surface area contributed by atoms with Crippen LogP contribution in [0.25, 0.3) is 0 Å². The molecule has 0 saturated heterocycles. The summed E-state index contributed by atoms with van der Waals surface area (Å²) in [7, 11) is 0.